The monoisotopic (exact) mass is 321 g/mol. The quantitative estimate of drug-likeness (QED) is 0.769. The highest BCUT2D eigenvalue weighted by atomic mass is 32.2. The van der Waals surface area contributed by atoms with Gasteiger partial charge in [0, 0.05) is 18.6 Å². The van der Waals surface area contributed by atoms with Gasteiger partial charge in [-0.2, -0.15) is 12.7 Å². The van der Waals surface area contributed by atoms with Crippen LogP contribution in [0.5, 0.6) is 0 Å². The van der Waals surface area contributed by atoms with E-state index in [0.717, 1.165) is 32.1 Å². The summed E-state index contributed by atoms with van der Waals surface area (Å²) >= 11 is 0. The Bertz CT molecular complexity index is 444. The molecule has 0 heterocycles. The number of carbonyl (C=O) groups excluding carboxylic acids is 1. The van der Waals surface area contributed by atoms with Crippen LogP contribution in [-0.4, -0.2) is 43.5 Å². The van der Waals surface area contributed by atoms with Gasteiger partial charge in [-0.05, 0) is 26.7 Å². The molecule has 1 saturated carbocycles. The molecule has 0 saturated heterocycles. The van der Waals surface area contributed by atoms with E-state index in [4.69, 9.17) is 10.5 Å². The smallest absolute Gasteiger partial charge is 0.422 e. The molecule has 0 aromatic carbocycles. The van der Waals surface area contributed by atoms with Gasteiger partial charge >= 0.3 is 16.3 Å². The second-order valence-corrected chi connectivity index (χ2v) is 7.31. The molecule has 0 spiro atoms. The molecule has 1 aliphatic rings. The number of hydrogen-bond donors (Lipinski definition) is 2. The lowest BCUT2D eigenvalue weighted by molar-refractivity contribution is 0.116. The number of nitrogens with one attached hydrogen (secondary N) is 1. The highest BCUT2D eigenvalue weighted by molar-refractivity contribution is 7.87. The SMILES string of the molecule is CCN(C1(CN)CCCCC1)S(=O)(=O)NC(=O)OC(C)C. The third kappa shape index (κ3) is 4.55. The van der Waals surface area contributed by atoms with Gasteiger partial charge in [0.25, 0.3) is 0 Å². The van der Waals surface area contributed by atoms with Crippen molar-refractivity contribution in [1.82, 2.24) is 9.03 Å². The summed E-state index contributed by atoms with van der Waals surface area (Å²) < 4.78 is 33.1. The number of ether oxygens (including phenoxy) is 1. The van der Waals surface area contributed by atoms with E-state index in [0.29, 0.717) is 0 Å². The maximum absolute atomic E-state index is 12.5. The molecular weight excluding hydrogens is 294 g/mol. The molecule has 0 aromatic heterocycles. The van der Waals surface area contributed by atoms with E-state index in [1.165, 1.54) is 4.31 Å². The molecule has 0 aliphatic heterocycles. The van der Waals surface area contributed by atoms with Gasteiger partial charge in [0.05, 0.1) is 6.10 Å². The van der Waals surface area contributed by atoms with Crippen molar-refractivity contribution in [3.8, 4) is 0 Å². The van der Waals surface area contributed by atoms with Crippen molar-refractivity contribution in [3.63, 3.8) is 0 Å². The highest BCUT2D eigenvalue weighted by Gasteiger charge is 2.43. The summed E-state index contributed by atoms with van der Waals surface area (Å²) in [4.78, 5) is 11.6. The molecule has 0 radical (unpaired) electrons. The van der Waals surface area contributed by atoms with Crippen LogP contribution in [0.2, 0.25) is 0 Å². The fourth-order valence-corrected chi connectivity index (χ4v) is 4.40. The van der Waals surface area contributed by atoms with Gasteiger partial charge in [0.1, 0.15) is 0 Å². The fourth-order valence-electron chi connectivity index (χ4n) is 2.92. The molecule has 1 rings (SSSR count). The maximum atomic E-state index is 12.5. The first-order valence-electron chi connectivity index (χ1n) is 7.48. The minimum atomic E-state index is -3.96. The van der Waals surface area contributed by atoms with Crippen LogP contribution in [0.4, 0.5) is 4.79 Å². The van der Waals surface area contributed by atoms with E-state index >= 15 is 0 Å². The van der Waals surface area contributed by atoms with Crippen LogP contribution in [0.3, 0.4) is 0 Å². The standard InChI is InChI=1S/C13H27N3O4S/c1-4-16(13(10-14)8-6-5-7-9-13)21(18,19)15-12(17)20-11(2)3/h11H,4-10,14H2,1-3H3,(H,15,17). The first kappa shape index (κ1) is 18.2. The molecule has 7 nitrogen and oxygen atoms in total. The summed E-state index contributed by atoms with van der Waals surface area (Å²) in [5, 5.41) is 0. The van der Waals surface area contributed by atoms with Crippen LogP contribution in [-0.2, 0) is 14.9 Å². The van der Waals surface area contributed by atoms with Gasteiger partial charge < -0.3 is 10.5 Å². The third-order valence-corrected chi connectivity index (χ3v) is 5.48. The van der Waals surface area contributed by atoms with Gasteiger partial charge in [0.15, 0.2) is 0 Å². The number of amides is 1. The molecular formula is C13H27N3O4S. The topological polar surface area (TPSA) is 102 Å². The van der Waals surface area contributed by atoms with Crippen molar-refractivity contribution in [3.05, 3.63) is 0 Å². The Morgan fingerprint density at radius 3 is 2.33 bits per heavy atom. The summed E-state index contributed by atoms with van der Waals surface area (Å²) in [5.41, 5.74) is 5.27. The molecule has 124 valence electrons. The first-order chi connectivity index (χ1) is 9.77. The fraction of sp³-hybridized carbons (Fsp3) is 0.923. The van der Waals surface area contributed by atoms with Gasteiger partial charge in [-0.1, -0.05) is 26.2 Å². The number of likely N-dealkylation sites (N-methyl/N-ethyl adjacent to an activating group) is 1. The van der Waals surface area contributed by atoms with Crippen molar-refractivity contribution < 1.29 is 17.9 Å². The lowest BCUT2D eigenvalue weighted by atomic mass is 9.81. The van der Waals surface area contributed by atoms with Gasteiger partial charge in [0.2, 0.25) is 0 Å². The van der Waals surface area contributed by atoms with Gasteiger partial charge in [-0.3, -0.25) is 0 Å². The number of nitrogens with two attached hydrogens (primary N) is 1. The predicted octanol–water partition coefficient (Wildman–Crippen LogP) is 1.35. The van der Waals surface area contributed by atoms with Crippen LogP contribution >= 0.6 is 0 Å². The zero-order valence-corrected chi connectivity index (χ0v) is 13.9. The second kappa shape index (κ2) is 7.42. The average Bonchev–Trinajstić information content (AvgIpc) is 2.38. The molecule has 1 amide bonds. The van der Waals surface area contributed by atoms with Crippen LogP contribution in [0.15, 0.2) is 0 Å². The Balaban J connectivity index is 2.92. The number of carbonyl (C=O) groups is 1. The third-order valence-electron chi connectivity index (χ3n) is 3.83. The van der Waals surface area contributed by atoms with Crippen molar-refractivity contribution >= 4 is 16.3 Å². The minimum absolute atomic E-state index is 0.251. The van der Waals surface area contributed by atoms with Crippen LogP contribution in [0, 0.1) is 0 Å². The number of nitrogens with zero attached hydrogens (tertiary/aromatic N) is 1. The molecule has 0 unspecified atom stereocenters. The highest BCUT2D eigenvalue weighted by Crippen LogP contribution is 2.34. The number of rotatable bonds is 6. The Labute approximate surface area is 127 Å². The largest absolute Gasteiger partial charge is 0.446 e. The molecule has 0 bridgehead atoms. The van der Waals surface area contributed by atoms with E-state index < -0.39 is 21.8 Å². The molecule has 1 fully saturated rings. The normalized spacial score (nSPS) is 18.8. The lowest BCUT2D eigenvalue weighted by Gasteiger charge is -2.44. The maximum Gasteiger partial charge on any atom is 0.422 e. The van der Waals surface area contributed by atoms with Crippen molar-refractivity contribution in [2.75, 3.05) is 13.1 Å². The Morgan fingerprint density at radius 1 is 1.33 bits per heavy atom. The minimum Gasteiger partial charge on any atom is -0.446 e. The Hall–Kier alpha value is -0.860. The molecule has 0 aromatic rings. The molecule has 3 N–H and O–H groups in total. The van der Waals surface area contributed by atoms with Gasteiger partial charge in [-0.25, -0.2) is 9.52 Å². The summed E-state index contributed by atoms with van der Waals surface area (Å²) in [6.45, 7) is 5.58. The van der Waals surface area contributed by atoms with Crippen LogP contribution < -0.4 is 10.5 Å². The van der Waals surface area contributed by atoms with E-state index in [9.17, 15) is 13.2 Å². The van der Waals surface area contributed by atoms with Crippen LogP contribution in [0.1, 0.15) is 52.9 Å². The van der Waals surface area contributed by atoms with Crippen LogP contribution in [0.25, 0.3) is 0 Å². The molecule has 0 atom stereocenters. The second-order valence-electron chi connectivity index (χ2n) is 5.72. The predicted molar refractivity (Wildman–Crippen MR) is 80.9 cm³/mol. The molecule has 1 aliphatic carbocycles. The van der Waals surface area contributed by atoms with E-state index in [1.807, 2.05) is 4.72 Å². The molecule has 21 heavy (non-hydrogen) atoms. The van der Waals surface area contributed by atoms with Crippen molar-refractivity contribution in [1.29, 1.82) is 0 Å². The zero-order valence-electron chi connectivity index (χ0n) is 13.1. The van der Waals surface area contributed by atoms with E-state index in [2.05, 4.69) is 0 Å². The summed E-state index contributed by atoms with van der Waals surface area (Å²) in [7, 11) is -3.96. The molecule has 8 heteroatoms. The summed E-state index contributed by atoms with van der Waals surface area (Å²) in [6.07, 6.45) is 3.08. The summed E-state index contributed by atoms with van der Waals surface area (Å²) in [5.74, 6) is 0. The summed E-state index contributed by atoms with van der Waals surface area (Å²) in [6, 6.07) is 0. The van der Waals surface area contributed by atoms with Gasteiger partial charge in [-0.15, -0.1) is 0 Å². The Kier molecular flexibility index (Phi) is 6.42. The van der Waals surface area contributed by atoms with Crippen molar-refractivity contribution in [2.45, 2.75) is 64.5 Å². The zero-order chi connectivity index (χ0) is 16.1. The van der Waals surface area contributed by atoms with Crippen molar-refractivity contribution in [2.24, 2.45) is 5.73 Å². The first-order valence-corrected chi connectivity index (χ1v) is 8.92. The Morgan fingerprint density at radius 2 is 1.90 bits per heavy atom. The van der Waals surface area contributed by atoms with E-state index in [1.54, 1.807) is 20.8 Å². The number of hydrogen-bond acceptors (Lipinski definition) is 5. The van der Waals surface area contributed by atoms with E-state index in [-0.39, 0.29) is 19.2 Å². The average molecular weight is 321 g/mol. The lowest BCUT2D eigenvalue weighted by Crippen LogP contribution is -2.60.